The van der Waals surface area contributed by atoms with Crippen LogP contribution in [0.5, 0.6) is 0 Å². The van der Waals surface area contributed by atoms with Crippen LogP contribution in [0.1, 0.15) is 329 Å². The first kappa shape index (κ1) is 64.1. The molecule has 1 unspecified atom stereocenters. The standard InChI is InChI=1S/C58H119NO3SSi/c1-6-10-14-18-21-24-27-29-31-33-35-38-42-46-51-58(59-5,52-47-43-39-36-34-32-30-28-25-22-19-15-11-7-2)56-62-64(55-49-54-63-57(60)50-45-41-17-13-9-4)61-53-48-44-40-37-26-23-20-16-12-8-3/h59,64H,6-56H2,1-5H3. The largest absolute Gasteiger partial charge is 0.397 e. The monoisotopic (exact) mass is 938 g/mol. The Bertz CT molecular complexity index is 860. The summed E-state index contributed by atoms with van der Waals surface area (Å²) in [5.74, 6) is 0.914. The third-order valence-corrected chi connectivity index (χ3v) is 17.3. The molecule has 0 aromatic carbocycles. The summed E-state index contributed by atoms with van der Waals surface area (Å²) in [6.07, 6.45) is 63.2. The van der Waals surface area contributed by atoms with Crippen LogP contribution in [0.25, 0.3) is 0 Å². The van der Waals surface area contributed by atoms with E-state index in [2.05, 4.69) is 40.1 Å². The van der Waals surface area contributed by atoms with E-state index in [4.69, 9.17) is 8.85 Å². The molecule has 4 nitrogen and oxygen atoms in total. The molecule has 0 saturated heterocycles. The van der Waals surface area contributed by atoms with E-state index in [1.165, 1.54) is 276 Å². The molecule has 0 aliphatic rings. The Labute approximate surface area is 410 Å². The highest BCUT2D eigenvalue weighted by Gasteiger charge is 2.29. The topological polar surface area (TPSA) is 47.6 Å². The van der Waals surface area contributed by atoms with Crippen LogP contribution in [0, 0.1) is 0 Å². The summed E-state index contributed by atoms with van der Waals surface area (Å²) in [5, 5.41) is 4.27. The van der Waals surface area contributed by atoms with Crippen LogP contribution in [0.15, 0.2) is 0 Å². The second kappa shape index (κ2) is 54.1. The van der Waals surface area contributed by atoms with Gasteiger partial charge < -0.3 is 14.2 Å². The molecule has 0 spiro atoms. The highest BCUT2D eigenvalue weighted by Crippen LogP contribution is 2.26. The van der Waals surface area contributed by atoms with Crippen LogP contribution < -0.4 is 5.32 Å². The molecule has 6 heteroatoms. The van der Waals surface area contributed by atoms with Crippen LogP contribution in [-0.2, 0) is 13.6 Å². The second-order valence-electron chi connectivity index (χ2n) is 20.5. The average Bonchev–Trinajstić information content (AvgIpc) is 3.30. The van der Waals surface area contributed by atoms with Crippen molar-refractivity contribution in [3.63, 3.8) is 0 Å². The van der Waals surface area contributed by atoms with Crippen molar-refractivity contribution < 1.29 is 13.6 Å². The summed E-state index contributed by atoms with van der Waals surface area (Å²) in [6, 6.07) is 1.02. The van der Waals surface area contributed by atoms with Crippen molar-refractivity contribution >= 4 is 26.2 Å². The van der Waals surface area contributed by atoms with Crippen LogP contribution in [0.4, 0.5) is 0 Å². The Kier molecular flexibility index (Phi) is 54.2. The molecule has 0 bridgehead atoms. The van der Waals surface area contributed by atoms with Crippen molar-refractivity contribution in [2.24, 2.45) is 0 Å². The first-order valence-electron chi connectivity index (χ1n) is 29.6. The Hall–Kier alpha value is 0.117. The van der Waals surface area contributed by atoms with E-state index in [1.54, 1.807) is 11.8 Å². The van der Waals surface area contributed by atoms with Gasteiger partial charge >= 0.3 is 9.28 Å². The summed E-state index contributed by atoms with van der Waals surface area (Å²) in [4.78, 5) is 12.7. The van der Waals surface area contributed by atoms with Crippen LogP contribution in [0.2, 0.25) is 6.04 Å². The maximum Gasteiger partial charge on any atom is 0.321 e. The van der Waals surface area contributed by atoms with E-state index in [0.29, 0.717) is 5.12 Å². The van der Waals surface area contributed by atoms with Crippen molar-refractivity contribution in [3.8, 4) is 0 Å². The zero-order chi connectivity index (χ0) is 46.5. The molecule has 0 aromatic heterocycles. The first-order valence-corrected chi connectivity index (χ1v) is 32.4. The molecule has 384 valence electrons. The van der Waals surface area contributed by atoms with Gasteiger partial charge in [0.15, 0.2) is 5.12 Å². The molecule has 0 aromatic rings. The number of carbonyl (C=O) groups excluding carboxylic acids is 1. The Balaban J connectivity index is 5.08. The van der Waals surface area contributed by atoms with Crippen molar-refractivity contribution in [3.05, 3.63) is 0 Å². The van der Waals surface area contributed by atoms with Crippen molar-refractivity contribution in [2.45, 2.75) is 341 Å². The Morgan fingerprint density at radius 1 is 0.406 bits per heavy atom. The van der Waals surface area contributed by atoms with E-state index in [9.17, 15) is 4.79 Å². The van der Waals surface area contributed by atoms with E-state index >= 15 is 0 Å². The lowest BCUT2D eigenvalue weighted by atomic mass is 9.87. The summed E-state index contributed by atoms with van der Waals surface area (Å²) in [6.45, 7) is 10.8. The molecule has 0 heterocycles. The molecule has 0 aliphatic carbocycles. The van der Waals surface area contributed by atoms with Gasteiger partial charge in [0.1, 0.15) is 0 Å². The Morgan fingerprint density at radius 3 is 1.06 bits per heavy atom. The lowest BCUT2D eigenvalue weighted by Gasteiger charge is -2.35. The number of hydrogen-bond donors (Lipinski definition) is 1. The smallest absolute Gasteiger partial charge is 0.321 e. The fourth-order valence-electron chi connectivity index (χ4n) is 9.56. The number of rotatable bonds is 56. The Morgan fingerprint density at radius 2 is 0.719 bits per heavy atom. The van der Waals surface area contributed by atoms with Crippen LogP contribution in [-0.4, -0.2) is 46.0 Å². The summed E-state index contributed by atoms with van der Waals surface area (Å²) in [5.41, 5.74) is 0.0441. The van der Waals surface area contributed by atoms with Gasteiger partial charge in [0.05, 0.1) is 6.61 Å². The van der Waals surface area contributed by atoms with Crippen molar-refractivity contribution in [2.75, 3.05) is 26.0 Å². The van der Waals surface area contributed by atoms with Gasteiger partial charge in [0.25, 0.3) is 0 Å². The lowest BCUT2D eigenvalue weighted by molar-refractivity contribution is -0.111. The predicted molar refractivity (Wildman–Crippen MR) is 293 cm³/mol. The molecule has 1 N–H and O–H groups in total. The zero-order valence-corrected chi connectivity index (χ0v) is 46.7. The predicted octanol–water partition coefficient (Wildman–Crippen LogP) is 19.9. The van der Waals surface area contributed by atoms with E-state index < -0.39 is 9.28 Å². The number of nitrogens with one attached hydrogen (secondary N) is 1. The summed E-state index contributed by atoms with van der Waals surface area (Å²) >= 11 is 1.57. The third kappa shape index (κ3) is 47.2. The fourth-order valence-corrected chi connectivity index (χ4v) is 12.6. The average molecular weight is 939 g/mol. The molecular weight excluding hydrogens is 819 g/mol. The van der Waals surface area contributed by atoms with E-state index in [-0.39, 0.29) is 5.54 Å². The SMILES string of the molecule is CCCCCCCCCCCCCCCCC(CCCCCCCCCCCCCCCC)(CO[SiH](CCCSC(=O)CCCCCCC)OCCCCCCCCCCCC)NC. The quantitative estimate of drug-likeness (QED) is 0.0486. The van der Waals surface area contributed by atoms with E-state index in [0.717, 1.165) is 50.7 Å². The lowest BCUT2D eigenvalue weighted by Crippen LogP contribution is -2.49. The van der Waals surface area contributed by atoms with Gasteiger partial charge in [-0.15, -0.1) is 0 Å². The summed E-state index contributed by atoms with van der Waals surface area (Å²) < 4.78 is 13.7. The molecule has 1 atom stereocenters. The maximum absolute atomic E-state index is 12.7. The minimum Gasteiger partial charge on any atom is -0.397 e. The molecule has 0 aliphatic heterocycles. The van der Waals surface area contributed by atoms with Gasteiger partial charge in [-0.3, -0.25) is 4.79 Å². The molecule has 0 radical (unpaired) electrons. The highest BCUT2D eigenvalue weighted by atomic mass is 32.2. The fraction of sp³-hybridized carbons (Fsp3) is 0.983. The van der Waals surface area contributed by atoms with Gasteiger partial charge in [-0.25, -0.2) is 0 Å². The summed E-state index contributed by atoms with van der Waals surface area (Å²) in [7, 11) is 0.365. The normalized spacial score (nSPS) is 12.5. The van der Waals surface area contributed by atoms with Crippen LogP contribution in [0.3, 0.4) is 0 Å². The minimum absolute atomic E-state index is 0.0441. The molecule has 0 fully saturated rings. The molecule has 0 rings (SSSR count). The van der Waals surface area contributed by atoms with Gasteiger partial charge in [0, 0.05) is 24.3 Å². The number of thioether (sulfide) groups is 1. The van der Waals surface area contributed by atoms with Gasteiger partial charge in [-0.2, -0.15) is 0 Å². The number of likely N-dealkylation sites (N-methyl/N-ethyl adjacent to an activating group) is 1. The third-order valence-electron chi connectivity index (χ3n) is 14.2. The van der Waals surface area contributed by atoms with Crippen molar-refractivity contribution in [1.82, 2.24) is 5.32 Å². The second-order valence-corrected chi connectivity index (χ2v) is 23.8. The van der Waals surface area contributed by atoms with Crippen LogP contribution >= 0.6 is 11.8 Å². The maximum atomic E-state index is 12.7. The number of carbonyl (C=O) groups is 1. The first-order chi connectivity index (χ1) is 31.6. The van der Waals surface area contributed by atoms with Gasteiger partial charge in [-0.1, -0.05) is 303 Å². The van der Waals surface area contributed by atoms with E-state index in [1.807, 2.05) is 0 Å². The minimum atomic E-state index is -1.85. The number of unbranched alkanes of at least 4 members (excludes halogenated alkanes) is 39. The zero-order valence-electron chi connectivity index (χ0n) is 44.8. The van der Waals surface area contributed by atoms with Crippen molar-refractivity contribution in [1.29, 1.82) is 0 Å². The molecule has 0 amide bonds. The highest BCUT2D eigenvalue weighted by molar-refractivity contribution is 8.13. The molecule has 64 heavy (non-hydrogen) atoms. The van der Waals surface area contributed by atoms with Gasteiger partial charge in [0.2, 0.25) is 0 Å². The molecule has 0 saturated carbocycles. The van der Waals surface area contributed by atoms with Gasteiger partial charge in [-0.05, 0) is 45.2 Å². The number of hydrogen-bond acceptors (Lipinski definition) is 5. The molecular formula is C58H119NO3SSi.